The van der Waals surface area contributed by atoms with Gasteiger partial charge in [-0.15, -0.1) is 0 Å². The fourth-order valence-electron chi connectivity index (χ4n) is 4.97. The first-order valence-electron chi connectivity index (χ1n) is 11.7. The first-order chi connectivity index (χ1) is 16.8. The molecule has 3 aromatic rings. The number of carbonyl (C=O) groups is 1. The highest BCUT2D eigenvalue weighted by Gasteiger charge is 2.37. The van der Waals surface area contributed by atoms with E-state index in [1.807, 2.05) is 22.8 Å². The van der Waals surface area contributed by atoms with Crippen LogP contribution in [-0.2, 0) is 6.42 Å². The predicted octanol–water partition coefficient (Wildman–Crippen LogP) is 4.68. The van der Waals surface area contributed by atoms with Crippen LogP contribution in [0, 0.1) is 0 Å². The van der Waals surface area contributed by atoms with Crippen molar-refractivity contribution in [1.29, 1.82) is 0 Å². The Morgan fingerprint density at radius 2 is 1.94 bits per heavy atom. The molecule has 1 aromatic carbocycles. The van der Waals surface area contributed by atoms with Crippen LogP contribution in [0.3, 0.4) is 0 Å². The maximum Gasteiger partial charge on any atom is 0.406 e. The van der Waals surface area contributed by atoms with Gasteiger partial charge < -0.3 is 9.64 Å². The lowest BCUT2D eigenvalue weighted by atomic mass is 9.93. The molecule has 0 saturated carbocycles. The minimum absolute atomic E-state index is 0.0145. The fraction of sp³-hybridized carbons (Fsp3) is 0.385. The lowest BCUT2D eigenvalue weighted by molar-refractivity contribution is -0.141. The average Bonchev–Trinajstić information content (AvgIpc) is 3.28. The van der Waals surface area contributed by atoms with Gasteiger partial charge in [-0.1, -0.05) is 19.1 Å². The van der Waals surface area contributed by atoms with Gasteiger partial charge in [0.15, 0.2) is 0 Å². The summed E-state index contributed by atoms with van der Waals surface area (Å²) in [5.74, 6) is -0.378. The van der Waals surface area contributed by atoms with Crippen molar-refractivity contribution in [1.82, 2.24) is 19.4 Å². The number of halogens is 3. The summed E-state index contributed by atoms with van der Waals surface area (Å²) in [5.41, 5.74) is 5.94. The lowest BCUT2D eigenvalue weighted by Gasteiger charge is -2.30. The molecule has 0 aliphatic carbocycles. The molecule has 0 unspecified atom stereocenters. The number of aromatic nitrogens is 2. The summed E-state index contributed by atoms with van der Waals surface area (Å²) in [7, 11) is 1.43. The molecular weight excluding hydrogens is 457 g/mol. The van der Waals surface area contributed by atoms with Gasteiger partial charge in [-0.2, -0.15) is 18.3 Å². The number of ether oxygens (including phenoxy) is 1. The highest BCUT2D eigenvalue weighted by atomic mass is 19.4. The van der Waals surface area contributed by atoms with Crippen LogP contribution >= 0.6 is 0 Å². The molecule has 35 heavy (non-hydrogen) atoms. The van der Waals surface area contributed by atoms with Gasteiger partial charge in [0, 0.05) is 31.4 Å². The summed E-state index contributed by atoms with van der Waals surface area (Å²) < 4.78 is 46.0. The second-order valence-corrected chi connectivity index (χ2v) is 8.98. The number of fused-ring (bicyclic) bond motifs is 2. The van der Waals surface area contributed by atoms with E-state index in [4.69, 9.17) is 4.74 Å². The van der Waals surface area contributed by atoms with Crippen LogP contribution < -0.4 is 4.74 Å². The number of benzene rings is 1. The maximum absolute atomic E-state index is 12.9. The first kappa shape index (κ1) is 23.4. The summed E-state index contributed by atoms with van der Waals surface area (Å²) in [4.78, 5) is 16.1. The van der Waals surface area contributed by atoms with Gasteiger partial charge in [-0.3, -0.25) is 9.69 Å². The van der Waals surface area contributed by atoms with E-state index < -0.39 is 18.6 Å². The number of carbonyl (C=O) groups excluding carboxylic acids is 1. The SMILES string of the molecule is CCN1CC=C(c2ccc3c(-c4cc5c(c(OC)c4)C(=O)N(CC(F)(F)F)CC5)cnn3c2)CC1. The van der Waals surface area contributed by atoms with E-state index in [-0.39, 0.29) is 17.9 Å². The summed E-state index contributed by atoms with van der Waals surface area (Å²) in [5, 5.41) is 4.55. The van der Waals surface area contributed by atoms with E-state index in [0.717, 1.165) is 53.2 Å². The predicted molar refractivity (Wildman–Crippen MR) is 128 cm³/mol. The molecule has 184 valence electrons. The van der Waals surface area contributed by atoms with E-state index in [1.165, 1.54) is 12.7 Å². The molecule has 0 spiro atoms. The highest BCUT2D eigenvalue weighted by Crippen LogP contribution is 2.36. The number of methoxy groups -OCH3 is 1. The third-order valence-corrected chi connectivity index (χ3v) is 6.86. The molecule has 2 aliphatic heterocycles. The van der Waals surface area contributed by atoms with Crippen molar-refractivity contribution in [3.8, 4) is 16.9 Å². The number of likely N-dealkylation sites (N-methyl/N-ethyl adjacent to an activating group) is 1. The minimum atomic E-state index is -4.45. The molecule has 0 atom stereocenters. The number of alkyl halides is 3. The van der Waals surface area contributed by atoms with Gasteiger partial charge >= 0.3 is 6.18 Å². The fourth-order valence-corrected chi connectivity index (χ4v) is 4.97. The van der Waals surface area contributed by atoms with Crippen LogP contribution in [0.25, 0.3) is 22.2 Å². The number of hydrogen-bond acceptors (Lipinski definition) is 4. The van der Waals surface area contributed by atoms with Crippen molar-refractivity contribution in [3.63, 3.8) is 0 Å². The highest BCUT2D eigenvalue weighted by molar-refractivity contribution is 6.00. The molecule has 9 heteroatoms. The number of rotatable bonds is 5. The topological polar surface area (TPSA) is 50.1 Å². The molecule has 2 aromatic heterocycles. The minimum Gasteiger partial charge on any atom is -0.496 e. The monoisotopic (exact) mass is 484 g/mol. The first-order valence-corrected chi connectivity index (χ1v) is 11.7. The molecule has 1 amide bonds. The van der Waals surface area contributed by atoms with E-state index in [1.54, 1.807) is 12.3 Å². The van der Waals surface area contributed by atoms with Crippen LogP contribution in [0.5, 0.6) is 5.75 Å². The molecule has 0 bridgehead atoms. The lowest BCUT2D eigenvalue weighted by Crippen LogP contribution is -2.43. The van der Waals surface area contributed by atoms with Crippen LogP contribution in [-0.4, -0.2) is 71.3 Å². The van der Waals surface area contributed by atoms with E-state index in [9.17, 15) is 18.0 Å². The summed E-state index contributed by atoms with van der Waals surface area (Å²) in [6.45, 7) is 3.95. The third-order valence-electron chi connectivity index (χ3n) is 6.86. The van der Waals surface area contributed by atoms with Crippen molar-refractivity contribution < 1.29 is 22.7 Å². The smallest absolute Gasteiger partial charge is 0.406 e. The van der Waals surface area contributed by atoms with Crippen LogP contribution in [0.15, 0.2) is 42.7 Å². The van der Waals surface area contributed by atoms with Gasteiger partial charge in [0.2, 0.25) is 0 Å². The van der Waals surface area contributed by atoms with Crippen molar-refractivity contribution in [3.05, 3.63) is 59.4 Å². The second-order valence-electron chi connectivity index (χ2n) is 8.98. The normalized spacial score (nSPS) is 17.0. The van der Waals surface area contributed by atoms with Gasteiger partial charge in [-0.25, -0.2) is 4.52 Å². The van der Waals surface area contributed by atoms with Crippen molar-refractivity contribution in [2.75, 3.05) is 39.8 Å². The van der Waals surface area contributed by atoms with Crippen LogP contribution in [0.2, 0.25) is 0 Å². The Balaban J connectivity index is 1.48. The third kappa shape index (κ3) is 4.52. The molecule has 6 nitrogen and oxygen atoms in total. The average molecular weight is 485 g/mol. The van der Waals surface area contributed by atoms with E-state index in [0.29, 0.717) is 12.0 Å². The summed E-state index contributed by atoms with van der Waals surface area (Å²) in [6, 6.07) is 7.71. The quantitative estimate of drug-likeness (QED) is 0.528. The summed E-state index contributed by atoms with van der Waals surface area (Å²) >= 11 is 0. The molecular formula is C26H27F3N4O2. The molecule has 0 radical (unpaired) electrons. The number of hydrogen-bond donors (Lipinski definition) is 0. The molecule has 5 rings (SSSR count). The zero-order valence-electron chi connectivity index (χ0n) is 19.7. The van der Waals surface area contributed by atoms with Gasteiger partial charge in [0.25, 0.3) is 5.91 Å². The van der Waals surface area contributed by atoms with Crippen molar-refractivity contribution >= 4 is 17.0 Å². The zero-order valence-corrected chi connectivity index (χ0v) is 19.7. The Labute approximate surface area is 201 Å². The van der Waals surface area contributed by atoms with Gasteiger partial charge in [-0.05, 0) is 59.8 Å². The molecule has 0 N–H and O–H groups in total. The van der Waals surface area contributed by atoms with Crippen LogP contribution in [0.4, 0.5) is 13.2 Å². The Kier molecular flexibility index (Phi) is 6.04. The Morgan fingerprint density at radius 1 is 1.11 bits per heavy atom. The molecule has 2 aliphatic rings. The number of pyridine rings is 1. The Hall–Kier alpha value is -3.33. The molecule has 0 fully saturated rings. The molecule has 4 heterocycles. The van der Waals surface area contributed by atoms with E-state index in [2.05, 4.69) is 29.1 Å². The largest absolute Gasteiger partial charge is 0.496 e. The second kappa shape index (κ2) is 9.03. The van der Waals surface area contributed by atoms with Gasteiger partial charge in [0.05, 0.1) is 24.4 Å². The van der Waals surface area contributed by atoms with Crippen LogP contribution in [0.1, 0.15) is 34.8 Å². The van der Waals surface area contributed by atoms with E-state index >= 15 is 0 Å². The van der Waals surface area contributed by atoms with Gasteiger partial charge in [0.1, 0.15) is 12.3 Å². The number of amides is 1. The maximum atomic E-state index is 12.9. The Bertz CT molecular complexity index is 1290. The summed E-state index contributed by atoms with van der Waals surface area (Å²) in [6.07, 6.45) is 2.95. The number of nitrogens with zero attached hydrogens (tertiary/aromatic N) is 4. The standard InChI is InChI=1S/C26H27F3N4O2/c1-3-31-9-6-17(7-10-31)19-4-5-22-21(14-30-33(22)15-19)20-12-18-8-11-32(16-26(27,28)29)25(34)24(18)23(13-20)35-2/h4-6,12-15H,3,7-11,16H2,1-2H3. The van der Waals surface area contributed by atoms with Crippen molar-refractivity contribution in [2.45, 2.75) is 25.9 Å². The zero-order chi connectivity index (χ0) is 24.7. The molecule has 0 saturated heterocycles. The Morgan fingerprint density at radius 3 is 2.63 bits per heavy atom. The van der Waals surface area contributed by atoms with Crippen molar-refractivity contribution in [2.24, 2.45) is 0 Å².